The van der Waals surface area contributed by atoms with E-state index in [1.54, 1.807) is 9.80 Å². The predicted molar refractivity (Wildman–Crippen MR) is 130 cm³/mol. The molecule has 33 heavy (non-hydrogen) atoms. The summed E-state index contributed by atoms with van der Waals surface area (Å²) in [6.45, 7) is 4.64. The number of rotatable bonds is 5. The van der Waals surface area contributed by atoms with E-state index >= 15 is 0 Å². The Bertz CT molecular complexity index is 999. The first kappa shape index (κ1) is 23.4. The van der Waals surface area contributed by atoms with Gasteiger partial charge in [0.15, 0.2) is 0 Å². The van der Waals surface area contributed by atoms with E-state index in [1.807, 2.05) is 37.3 Å². The molecule has 1 N–H and O–H groups in total. The minimum absolute atomic E-state index is 0.0155. The minimum Gasteiger partial charge on any atom is -0.378 e. The first-order valence-electron chi connectivity index (χ1n) is 11.7. The van der Waals surface area contributed by atoms with E-state index < -0.39 is 0 Å². The molecule has 0 atom stereocenters. The summed E-state index contributed by atoms with van der Waals surface area (Å²) in [5.41, 5.74) is 2.41. The van der Waals surface area contributed by atoms with E-state index in [0.29, 0.717) is 49.8 Å². The van der Waals surface area contributed by atoms with Crippen molar-refractivity contribution in [3.63, 3.8) is 0 Å². The van der Waals surface area contributed by atoms with Gasteiger partial charge < -0.3 is 19.9 Å². The van der Waals surface area contributed by atoms with E-state index in [2.05, 4.69) is 5.32 Å². The fraction of sp³-hybridized carbons (Fsp3) is 0.480. The van der Waals surface area contributed by atoms with Crippen LogP contribution in [0.4, 0.5) is 5.00 Å². The van der Waals surface area contributed by atoms with Crippen LogP contribution in [0.25, 0.3) is 10.4 Å². The van der Waals surface area contributed by atoms with Crippen molar-refractivity contribution < 1.29 is 19.1 Å². The van der Waals surface area contributed by atoms with Crippen molar-refractivity contribution >= 4 is 34.1 Å². The first-order valence-corrected chi connectivity index (χ1v) is 12.5. The molecule has 1 aromatic heterocycles. The molecule has 2 fully saturated rings. The van der Waals surface area contributed by atoms with E-state index in [4.69, 9.17) is 4.74 Å². The van der Waals surface area contributed by atoms with Crippen LogP contribution in [0.15, 0.2) is 30.3 Å². The van der Waals surface area contributed by atoms with Crippen LogP contribution in [0, 0.1) is 6.92 Å². The maximum atomic E-state index is 13.5. The van der Waals surface area contributed by atoms with Crippen LogP contribution < -0.4 is 5.32 Å². The van der Waals surface area contributed by atoms with Crippen molar-refractivity contribution in [2.45, 2.75) is 39.0 Å². The highest BCUT2D eigenvalue weighted by Gasteiger charge is 2.28. The molecule has 0 bridgehead atoms. The molecule has 0 spiro atoms. The number of carbonyl (C=O) groups is 3. The van der Waals surface area contributed by atoms with Gasteiger partial charge in [-0.05, 0) is 30.9 Å². The van der Waals surface area contributed by atoms with Gasteiger partial charge in [-0.2, -0.15) is 0 Å². The largest absolute Gasteiger partial charge is 0.378 e. The van der Waals surface area contributed by atoms with Crippen molar-refractivity contribution in [2.75, 3.05) is 44.7 Å². The van der Waals surface area contributed by atoms with Crippen molar-refractivity contribution in [1.29, 1.82) is 0 Å². The van der Waals surface area contributed by atoms with Gasteiger partial charge in [-0.15, -0.1) is 11.3 Å². The van der Waals surface area contributed by atoms with Crippen molar-refractivity contribution in [1.82, 2.24) is 9.80 Å². The van der Waals surface area contributed by atoms with Gasteiger partial charge in [0.2, 0.25) is 11.8 Å². The molecule has 3 amide bonds. The Morgan fingerprint density at radius 1 is 1.03 bits per heavy atom. The Morgan fingerprint density at radius 2 is 1.76 bits per heavy atom. The summed E-state index contributed by atoms with van der Waals surface area (Å²) < 4.78 is 5.40. The van der Waals surface area contributed by atoms with Crippen LogP contribution in [0.5, 0.6) is 0 Å². The molecule has 1 aromatic carbocycles. The molecule has 0 saturated carbocycles. The lowest BCUT2D eigenvalue weighted by atomic mass is 10.1. The van der Waals surface area contributed by atoms with Crippen molar-refractivity contribution in [3.8, 4) is 10.4 Å². The second-order valence-electron chi connectivity index (χ2n) is 8.56. The molecule has 7 nitrogen and oxygen atoms in total. The highest BCUT2D eigenvalue weighted by atomic mass is 32.1. The Labute approximate surface area is 198 Å². The van der Waals surface area contributed by atoms with Crippen LogP contribution >= 0.6 is 11.3 Å². The molecular weight excluding hydrogens is 438 g/mol. The number of benzene rings is 1. The smallest absolute Gasteiger partial charge is 0.257 e. The zero-order valence-electron chi connectivity index (χ0n) is 19.1. The topological polar surface area (TPSA) is 79.0 Å². The lowest BCUT2D eigenvalue weighted by Crippen LogP contribution is -2.41. The standard InChI is InChI=1S/C25H31N3O4S/c1-18-22(25(31)27-13-15-32-16-14-27)24(33-23(18)19-9-5-4-6-10-19)26-20(29)17-28-12-8-3-2-7-11-21(28)30/h4-6,9-10H,2-3,7-8,11-17H2,1H3,(H,26,29). The summed E-state index contributed by atoms with van der Waals surface area (Å²) in [7, 11) is 0. The second kappa shape index (κ2) is 10.9. The molecule has 0 unspecified atom stereocenters. The first-order chi connectivity index (χ1) is 16.0. The highest BCUT2D eigenvalue weighted by Crippen LogP contribution is 2.40. The molecule has 3 heterocycles. The maximum absolute atomic E-state index is 13.5. The number of amides is 3. The molecule has 2 aromatic rings. The Kier molecular flexibility index (Phi) is 7.77. The lowest BCUT2D eigenvalue weighted by Gasteiger charge is -2.27. The monoisotopic (exact) mass is 469 g/mol. The third-order valence-corrected chi connectivity index (χ3v) is 7.46. The van der Waals surface area contributed by atoms with Crippen LogP contribution in [0.1, 0.15) is 48.0 Å². The molecule has 8 heteroatoms. The number of thiophene rings is 1. The quantitative estimate of drug-likeness (QED) is 0.720. The van der Waals surface area contributed by atoms with E-state index in [1.165, 1.54) is 11.3 Å². The third kappa shape index (κ3) is 5.62. The molecule has 2 aliphatic rings. The molecule has 4 rings (SSSR count). The Morgan fingerprint density at radius 3 is 2.52 bits per heavy atom. The molecule has 2 saturated heterocycles. The highest BCUT2D eigenvalue weighted by molar-refractivity contribution is 7.20. The lowest BCUT2D eigenvalue weighted by molar-refractivity contribution is -0.135. The van der Waals surface area contributed by atoms with Crippen LogP contribution in [0.2, 0.25) is 0 Å². The van der Waals surface area contributed by atoms with Crippen molar-refractivity contribution in [3.05, 3.63) is 41.5 Å². The summed E-state index contributed by atoms with van der Waals surface area (Å²) in [5, 5.41) is 3.52. The SMILES string of the molecule is Cc1c(-c2ccccc2)sc(NC(=O)CN2CCCCCCC2=O)c1C(=O)N1CCOCC1. The van der Waals surface area contributed by atoms with E-state index in [9.17, 15) is 14.4 Å². The average molecular weight is 470 g/mol. The third-order valence-electron chi connectivity index (χ3n) is 6.20. The van der Waals surface area contributed by atoms with Gasteiger partial charge in [0.05, 0.1) is 25.3 Å². The number of nitrogens with zero attached hydrogens (tertiary/aromatic N) is 2. The van der Waals surface area contributed by atoms with Gasteiger partial charge >= 0.3 is 0 Å². The molecule has 2 aliphatic heterocycles. The number of nitrogens with one attached hydrogen (secondary N) is 1. The Balaban J connectivity index is 1.59. The molecule has 0 radical (unpaired) electrons. The number of ether oxygens (including phenoxy) is 1. The van der Waals surface area contributed by atoms with E-state index in [0.717, 1.165) is 41.7 Å². The van der Waals surface area contributed by atoms with Gasteiger partial charge in [0, 0.05) is 30.9 Å². The number of hydrogen-bond acceptors (Lipinski definition) is 5. The second-order valence-corrected chi connectivity index (χ2v) is 9.58. The van der Waals surface area contributed by atoms with Crippen LogP contribution in [-0.2, 0) is 14.3 Å². The summed E-state index contributed by atoms with van der Waals surface area (Å²) in [5.74, 6) is -0.325. The number of likely N-dealkylation sites (tertiary alicyclic amines) is 1. The minimum atomic E-state index is -0.263. The summed E-state index contributed by atoms with van der Waals surface area (Å²) in [6.07, 6.45) is 4.42. The normalized spacial score (nSPS) is 17.4. The summed E-state index contributed by atoms with van der Waals surface area (Å²) >= 11 is 1.42. The fourth-order valence-electron chi connectivity index (χ4n) is 4.37. The molecular formula is C25H31N3O4S. The molecule has 0 aliphatic carbocycles. The maximum Gasteiger partial charge on any atom is 0.257 e. The Hall–Kier alpha value is -2.71. The molecule has 176 valence electrons. The average Bonchev–Trinajstić information content (AvgIpc) is 3.15. The van der Waals surface area contributed by atoms with Crippen LogP contribution in [0.3, 0.4) is 0 Å². The number of morpholine rings is 1. The van der Waals surface area contributed by atoms with Gasteiger partial charge in [-0.3, -0.25) is 14.4 Å². The van der Waals surface area contributed by atoms with Crippen molar-refractivity contribution in [2.24, 2.45) is 0 Å². The van der Waals surface area contributed by atoms with Gasteiger partial charge in [-0.25, -0.2) is 0 Å². The number of hydrogen-bond donors (Lipinski definition) is 1. The summed E-state index contributed by atoms with van der Waals surface area (Å²) in [6, 6.07) is 9.89. The zero-order chi connectivity index (χ0) is 23.2. The summed E-state index contributed by atoms with van der Waals surface area (Å²) in [4.78, 5) is 43.3. The van der Waals surface area contributed by atoms with E-state index in [-0.39, 0.29) is 24.3 Å². The number of anilines is 1. The van der Waals surface area contributed by atoms with Gasteiger partial charge in [0.25, 0.3) is 5.91 Å². The van der Waals surface area contributed by atoms with Gasteiger partial charge in [0.1, 0.15) is 5.00 Å². The van der Waals surface area contributed by atoms with Crippen LogP contribution in [-0.4, -0.2) is 66.9 Å². The fourth-order valence-corrected chi connectivity index (χ4v) is 5.59. The number of carbonyl (C=O) groups excluding carboxylic acids is 3. The van der Waals surface area contributed by atoms with Gasteiger partial charge in [-0.1, -0.05) is 43.2 Å². The zero-order valence-corrected chi connectivity index (χ0v) is 19.9. The predicted octanol–water partition coefficient (Wildman–Crippen LogP) is 3.93.